The number of benzene rings is 1. The van der Waals surface area contributed by atoms with Gasteiger partial charge in [0.05, 0.1) is 5.52 Å². The molecule has 1 fully saturated rings. The van der Waals surface area contributed by atoms with E-state index in [0.29, 0.717) is 13.2 Å². The minimum absolute atomic E-state index is 0.537. The summed E-state index contributed by atoms with van der Waals surface area (Å²) < 4.78 is 5.72. The summed E-state index contributed by atoms with van der Waals surface area (Å²) in [7, 11) is 0. The SMILES string of the molecule is CCCCCCCN1CCC(CCCc2ccnc3ccc(OCCN)cc23)CC1. The Morgan fingerprint density at radius 1 is 1.07 bits per heavy atom. The van der Waals surface area contributed by atoms with Crippen molar-refractivity contribution < 1.29 is 4.74 Å². The maximum atomic E-state index is 5.72. The predicted molar refractivity (Wildman–Crippen MR) is 127 cm³/mol. The van der Waals surface area contributed by atoms with Gasteiger partial charge < -0.3 is 15.4 Å². The molecule has 0 radical (unpaired) electrons. The van der Waals surface area contributed by atoms with Crippen LogP contribution in [0.15, 0.2) is 30.5 Å². The number of fused-ring (bicyclic) bond motifs is 1. The first-order valence-electron chi connectivity index (χ1n) is 12.2. The van der Waals surface area contributed by atoms with Crippen molar-refractivity contribution in [3.05, 3.63) is 36.0 Å². The van der Waals surface area contributed by atoms with E-state index in [1.165, 1.54) is 88.4 Å². The normalized spacial score (nSPS) is 15.7. The topological polar surface area (TPSA) is 51.4 Å². The summed E-state index contributed by atoms with van der Waals surface area (Å²) in [6.45, 7) is 7.30. The van der Waals surface area contributed by atoms with Gasteiger partial charge in [0.25, 0.3) is 0 Å². The van der Waals surface area contributed by atoms with E-state index in [1.807, 2.05) is 12.3 Å². The Morgan fingerprint density at radius 2 is 1.90 bits per heavy atom. The average Bonchev–Trinajstić information content (AvgIpc) is 2.78. The highest BCUT2D eigenvalue weighted by atomic mass is 16.5. The maximum Gasteiger partial charge on any atom is 0.120 e. The molecule has 0 amide bonds. The number of rotatable bonds is 13. The van der Waals surface area contributed by atoms with Crippen molar-refractivity contribution >= 4 is 10.9 Å². The molecular weight excluding hydrogens is 370 g/mol. The molecule has 1 aromatic heterocycles. The van der Waals surface area contributed by atoms with Crippen molar-refractivity contribution in [2.24, 2.45) is 11.7 Å². The molecular formula is C26H41N3O. The monoisotopic (exact) mass is 411 g/mol. The van der Waals surface area contributed by atoms with E-state index in [-0.39, 0.29) is 0 Å². The van der Waals surface area contributed by atoms with Crippen LogP contribution in [0, 0.1) is 5.92 Å². The van der Waals surface area contributed by atoms with Crippen molar-refractivity contribution in [1.29, 1.82) is 0 Å². The first-order chi connectivity index (χ1) is 14.8. The molecule has 2 N–H and O–H groups in total. The van der Waals surface area contributed by atoms with Crippen LogP contribution in [0.5, 0.6) is 5.75 Å². The van der Waals surface area contributed by atoms with Gasteiger partial charge in [0.2, 0.25) is 0 Å². The van der Waals surface area contributed by atoms with E-state index < -0.39 is 0 Å². The number of ether oxygens (including phenoxy) is 1. The fourth-order valence-electron chi connectivity index (χ4n) is 4.69. The second-order valence-corrected chi connectivity index (χ2v) is 8.88. The van der Waals surface area contributed by atoms with Crippen molar-refractivity contribution in [3.8, 4) is 5.75 Å². The second kappa shape index (κ2) is 12.9. The van der Waals surface area contributed by atoms with Crippen LogP contribution < -0.4 is 10.5 Å². The molecule has 1 aliphatic heterocycles. The number of likely N-dealkylation sites (tertiary alicyclic amines) is 1. The lowest BCUT2D eigenvalue weighted by Gasteiger charge is -2.32. The molecule has 1 saturated heterocycles. The summed E-state index contributed by atoms with van der Waals surface area (Å²) in [4.78, 5) is 7.22. The Morgan fingerprint density at radius 3 is 2.70 bits per heavy atom. The zero-order valence-electron chi connectivity index (χ0n) is 19.0. The van der Waals surface area contributed by atoms with Crippen molar-refractivity contribution in [1.82, 2.24) is 9.88 Å². The number of nitrogens with two attached hydrogens (primary N) is 1. The second-order valence-electron chi connectivity index (χ2n) is 8.88. The number of unbranched alkanes of at least 4 members (excludes halogenated alkanes) is 4. The third-order valence-electron chi connectivity index (χ3n) is 6.53. The number of nitrogens with zero attached hydrogens (tertiary/aromatic N) is 2. The minimum Gasteiger partial charge on any atom is -0.492 e. The van der Waals surface area contributed by atoms with Gasteiger partial charge in [-0.25, -0.2) is 0 Å². The van der Waals surface area contributed by atoms with Crippen LogP contribution in [0.2, 0.25) is 0 Å². The average molecular weight is 412 g/mol. The van der Waals surface area contributed by atoms with Crippen LogP contribution in [-0.4, -0.2) is 42.7 Å². The summed E-state index contributed by atoms with van der Waals surface area (Å²) in [5.74, 6) is 1.79. The highest BCUT2D eigenvalue weighted by Gasteiger charge is 2.18. The lowest BCUT2D eigenvalue weighted by atomic mass is 9.90. The summed E-state index contributed by atoms with van der Waals surface area (Å²) in [6.07, 6.45) is 15.4. The smallest absolute Gasteiger partial charge is 0.120 e. The van der Waals surface area contributed by atoms with Gasteiger partial charge in [0, 0.05) is 18.1 Å². The molecule has 0 spiro atoms. The van der Waals surface area contributed by atoms with Crippen LogP contribution in [0.25, 0.3) is 10.9 Å². The van der Waals surface area contributed by atoms with Crippen molar-refractivity contribution in [3.63, 3.8) is 0 Å². The van der Waals surface area contributed by atoms with E-state index in [4.69, 9.17) is 10.5 Å². The van der Waals surface area contributed by atoms with Crippen molar-refractivity contribution in [2.75, 3.05) is 32.8 Å². The van der Waals surface area contributed by atoms with Gasteiger partial charge in [-0.3, -0.25) is 4.98 Å². The van der Waals surface area contributed by atoms with Gasteiger partial charge in [-0.1, -0.05) is 39.0 Å². The molecule has 1 aliphatic rings. The van der Waals surface area contributed by atoms with Gasteiger partial charge in [0.15, 0.2) is 0 Å². The quantitative estimate of drug-likeness (QED) is 0.437. The Bertz CT molecular complexity index is 740. The first kappa shape index (κ1) is 23.0. The molecule has 2 aromatic rings. The van der Waals surface area contributed by atoms with Crippen LogP contribution in [-0.2, 0) is 6.42 Å². The molecule has 1 aromatic carbocycles. The Hall–Kier alpha value is -1.65. The Kier molecular flexibility index (Phi) is 9.91. The molecule has 0 unspecified atom stereocenters. The van der Waals surface area contributed by atoms with Gasteiger partial charge in [0.1, 0.15) is 12.4 Å². The maximum absolute atomic E-state index is 5.72. The Balaban J connectivity index is 1.41. The van der Waals surface area contributed by atoms with Crippen LogP contribution in [0.1, 0.15) is 70.3 Å². The van der Waals surface area contributed by atoms with E-state index in [2.05, 4.69) is 35.0 Å². The van der Waals surface area contributed by atoms with Crippen molar-refractivity contribution in [2.45, 2.75) is 71.1 Å². The summed E-state index contributed by atoms with van der Waals surface area (Å²) in [5.41, 5.74) is 8.01. The van der Waals surface area contributed by atoms with Crippen LogP contribution >= 0.6 is 0 Å². The molecule has 2 heterocycles. The van der Waals surface area contributed by atoms with Crippen LogP contribution in [0.4, 0.5) is 0 Å². The zero-order chi connectivity index (χ0) is 21.0. The standard InChI is InChI=1S/C26H41N3O/c1-2-3-4-5-6-17-29-18-13-22(14-19-29)8-7-9-23-12-16-28-26-11-10-24(21-25(23)26)30-20-15-27/h10-12,16,21-22H,2-9,13-15,17-20,27H2,1H3. The van der Waals surface area contributed by atoms with Crippen LogP contribution in [0.3, 0.4) is 0 Å². The molecule has 166 valence electrons. The highest BCUT2D eigenvalue weighted by Crippen LogP contribution is 2.26. The predicted octanol–water partition coefficient (Wildman–Crippen LogP) is 5.58. The minimum atomic E-state index is 0.537. The Labute approximate surface area is 183 Å². The largest absolute Gasteiger partial charge is 0.492 e. The van der Waals surface area contributed by atoms with Gasteiger partial charge >= 0.3 is 0 Å². The van der Waals surface area contributed by atoms with E-state index in [1.54, 1.807) is 0 Å². The first-order valence-corrected chi connectivity index (χ1v) is 12.2. The fraction of sp³-hybridized carbons (Fsp3) is 0.654. The van der Waals surface area contributed by atoms with E-state index in [9.17, 15) is 0 Å². The lowest BCUT2D eigenvalue weighted by Crippen LogP contribution is -2.34. The molecule has 3 rings (SSSR count). The molecule has 4 heteroatoms. The van der Waals surface area contributed by atoms with Gasteiger partial charge in [-0.15, -0.1) is 0 Å². The third-order valence-corrected chi connectivity index (χ3v) is 6.53. The zero-order valence-corrected chi connectivity index (χ0v) is 19.0. The number of aromatic nitrogens is 1. The lowest BCUT2D eigenvalue weighted by molar-refractivity contribution is 0.175. The van der Waals surface area contributed by atoms with E-state index >= 15 is 0 Å². The van der Waals surface area contributed by atoms with Gasteiger partial charge in [-0.2, -0.15) is 0 Å². The number of piperidine rings is 1. The molecule has 0 atom stereocenters. The molecule has 30 heavy (non-hydrogen) atoms. The highest BCUT2D eigenvalue weighted by molar-refractivity contribution is 5.83. The summed E-state index contributed by atoms with van der Waals surface area (Å²) >= 11 is 0. The molecule has 0 saturated carbocycles. The summed E-state index contributed by atoms with van der Waals surface area (Å²) in [5, 5.41) is 1.23. The number of pyridine rings is 1. The molecule has 0 aliphatic carbocycles. The fourth-order valence-corrected chi connectivity index (χ4v) is 4.69. The number of hydrogen-bond acceptors (Lipinski definition) is 4. The molecule has 4 nitrogen and oxygen atoms in total. The molecule has 0 bridgehead atoms. The third kappa shape index (κ3) is 7.24. The van der Waals surface area contributed by atoms with E-state index in [0.717, 1.165) is 23.6 Å². The van der Waals surface area contributed by atoms with Gasteiger partial charge in [-0.05, 0) is 87.5 Å². The number of hydrogen-bond donors (Lipinski definition) is 1. The summed E-state index contributed by atoms with van der Waals surface area (Å²) in [6, 6.07) is 8.36. The number of aryl methyl sites for hydroxylation is 1.